The number of rotatable bonds is 1. The minimum atomic E-state index is 0.0746. The smallest absolute Gasteiger partial charge is 0.0975 e. The van der Waals surface area contributed by atoms with Crippen LogP contribution in [0.25, 0.3) is 0 Å². The zero-order chi connectivity index (χ0) is 10.8. The Balaban J connectivity index is 2.24. The van der Waals surface area contributed by atoms with Gasteiger partial charge in [-0.2, -0.15) is 0 Å². The number of aryl methyl sites for hydroxylation is 1. The molecule has 2 N–H and O–H groups in total. The predicted molar refractivity (Wildman–Crippen MR) is 64.8 cm³/mol. The van der Waals surface area contributed by atoms with Crippen LogP contribution in [0.4, 0.5) is 0 Å². The van der Waals surface area contributed by atoms with Gasteiger partial charge in [-0.05, 0) is 37.0 Å². The van der Waals surface area contributed by atoms with Crippen LogP contribution in [0.3, 0.4) is 0 Å². The van der Waals surface area contributed by atoms with E-state index in [0.29, 0.717) is 0 Å². The predicted octanol–water partition coefficient (Wildman–Crippen LogP) is 2.94. The van der Waals surface area contributed by atoms with E-state index in [2.05, 4.69) is 41.1 Å². The van der Waals surface area contributed by atoms with Gasteiger partial charge in [0, 0.05) is 17.1 Å². The van der Waals surface area contributed by atoms with Crippen molar-refractivity contribution in [2.24, 2.45) is 5.73 Å². The molecule has 0 aliphatic carbocycles. The minimum absolute atomic E-state index is 0.0746. The largest absolute Gasteiger partial charge is 0.372 e. The van der Waals surface area contributed by atoms with E-state index in [1.807, 2.05) is 0 Å². The number of halogens is 1. The third kappa shape index (κ3) is 2.41. The lowest BCUT2D eigenvalue weighted by Gasteiger charge is -2.29. The molecule has 0 spiro atoms. The number of benzene rings is 1. The first-order valence-corrected chi connectivity index (χ1v) is 6.11. The van der Waals surface area contributed by atoms with Crippen LogP contribution in [0.15, 0.2) is 22.7 Å². The first-order chi connectivity index (χ1) is 7.18. The van der Waals surface area contributed by atoms with E-state index < -0.39 is 0 Å². The Labute approximate surface area is 98.9 Å². The maximum absolute atomic E-state index is 6.06. The number of nitrogens with two attached hydrogens (primary N) is 1. The summed E-state index contributed by atoms with van der Waals surface area (Å²) in [6, 6.07) is 6.45. The average molecular weight is 270 g/mol. The molecule has 15 heavy (non-hydrogen) atoms. The normalized spacial score (nSPS) is 26.6. The number of hydrogen-bond donors (Lipinski definition) is 1. The van der Waals surface area contributed by atoms with Crippen LogP contribution in [0, 0.1) is 6.92 Å². The molecule has 2 unspecified atom stereocenters. The molecule has 2 rings (SSSR count). The molecule has 1 fully saturated rings. The molecule has 2 nitrogen and oxygen atoms in total. The van der Waals surface area contributed by atoms with Gasteiger partial charge in [0.15, 0.2) is 0 Å². The van der Waals surface area contributed by atoms with E-state index in [4.69, 9.17) is 10.5 Å². The first kappa shape index (κ1) is 11.1. The van der Waals surface area contributed by atoms with Crippen molar-refractivity contribution in [3.05, 3.63) is 33.8 Å². The van der Waals surface area contributed by atoms with Crippen LogP contribution in [0.1, 0.15) is 30.1 Å². The summed E-state index contributed by atoms with van der Waals surface area (Å²) in [5.74, 6) is 0. The van der Waals surface area contributed by atoms with Gasteiger partial charge in [0.1, 0.15) is 0 Å². The monoisotopic (exact) mass is 269 g/mol. The van der Waals surface area contributed by atoms with Crippen molar-refractivity contribution in [1.29, 1.82) is 0 Å². The van der Waals surface area contributed by atoms with Crippen LogP contribution >= 0.6 is 15.9 Å². The van der Waals surface area contributed by atoms with E-state index in [9.17, 15) is 0 Å². The number of ether oxygens (including phenoxy) is 1. The first-order valence-electron chi connectivity index (χ1n) is 5.31. The summed E-state index contributed by atoms with van der Waals surface area (Å²) >= 11 is 3.50. The average Bonchev–Trinajstić information content (AvgIpc) is 2.23. The molecule has 0 aromatic heterocycles. The second-order valence-electron chi connectivity index (χ2n) is 4.11. The van der Waals surface area contributed by atoms with Gasteiger partial charge in [-0.25, -0.2) is 0 Å². The van der Waals surface area contributed by atoms with Crippen molar-refractivity contribution in [3.63, 3.8) is 0 Å². The van der Waals surface area contributed by atoms with Gasteiger partial charge in [-0.3, -0.25) is 0 Å². The third-order valence-electron chi connectivity index (χ3n) is 2.88. The molecule has 0 amide bonds. The highest BCUT2D eigenvalue weighted by molar-refractivity contribution is 9.10. The maximum Gasteiger partial charge on any atom is 0.0975 e. The Kier molecular flexibility index (Phi) is 3.44. The fourth-order valence-electron chi connectivity index (χ4n) is 1.99. The van der Waals surface area contributed by atoms with Gasteiger partial charge in [0.25, 0.3) is 0 Å². The molecule has 1 aliphatic heterocycles. The standard InChI is InChI=1S/C12H16BrNO/c1-8-7-9(4-5-10(8)13)12-11(14)3-2-6-15-12/h4-5,7,11-12H,2-3,6,14H2,1H3. The van der Waals surface area contributed by atoms with Crippen molar-refractivity contribution in [2.75, 3.05) is 6.61 Å². The van der Waals surface area contributed by atoms with Gasteiger partial charge in [0.05, 0.1) is 6.10 Å². The van der Waals surface area contributed by atoms with Crippen molar-refractivity contribution >= 4 is 15.9 Å². The molecule has 2 atom stereocenters. The highest BCUT2D eigenvalue weighted by atomic mass is 79.9. The highest BCUT2D eigenvalue weighted by Gasteiger charge is 2.24. The molecule has 1 aromatic rings. The summed E-state index contributed by atoms with van der Waals surface area (Å²) in [6.45, 7) is 2.91. The Morgan fingerprint density at radius 1 is 1.47 bits per heavy atom. The van der Waals surface area contributed by atoms with E-state index in [-0.39, 0.29) is 12.1 Å². The quantitative estimate of drug-likeness (QED) is 0.851. The van der Waals surface area contributed by atoms with Gasteiger partial charge in [-0.15, -0.1) is 0 Å². The minimum Gasteiger partial charge on any atom is -0.372 e. The van der Waals surface area contributed by atoms with Crippen LogP contribution < -0.4 is 5.73 Å². The molecule has 1 aliphatic rings. The lowest BCUT2D eigenvalue weighted by atomic mass is 9.96. The zero-order valence-electron chi connectivity index (χ0n) is 8.87. The van der Waals surface area contributed by atoms with Gasteiger partial charge < -0.3 is 10.5 Å². The molecule has 82 valence electrons. The molecule has 0 radical (unpaired) electrons. The van der Waals surface area contributed by atoms with Gasteiger partial charge in [-0.1, -0.05) is 28.1 Å². The molecule has 0 bridgehead atoms. The molecule has 0 saturated carbocycles. The molecule has 1 heterocycles. The summed E-state index contributed by atoms with van der Waals surface area (Å²) in [5.41, 5.74) is 8.49. The van der Waals surface area contributed by atoms with Crippen LogP contribution in [-0.2, 0) is 4.74 Å². The number of hydrogen-bond acceptors (Lipinski definition) is 2. The fraction of sp³-hybridized carbons (Fsp3) is 0.500. The Bertz CT molecular complexity index is 353. The highest BCUT2D eigenvalue weighted by Crippen LogP contribution is 2.29. The molecule has 3 heteroatoms. The second kappa shape index (κ2) is 4.64. The summed E-state index contributed by atoms with van der Waals surface area (Å²) in [5, 5.41) is 0. The topological polar surface area (TPSA) is 35.2 Å². The van der Waals surface area contributed by atoms with Crippen molar-refractivity contribution < 1.29 is 4.74 Å². The summed E-state index contributed by atoms with van der Waals surface area (Å²) < 4.78 is 6.87. The Morgan fingerprint density at radius 2 is 2.27 bits per heavy atom. The van der Waals surface area contributed by atoms with Gasteiger partial charge in [0.2, 0.25) is 0 Å². The van der Waals surface area contributed by atoms with Crippen LogP contribution in [0.5, 0.6) is 0 Å². The Hall–Kier alpha value is -0.380. The molecule has 1 aromatic carbocycles. The lowest BCUT2D eigenvalue weighted by molar-refractivity contribution is 0.000110. The van der Waals surface area contributed by atoms with Crippen molar-refractivity contribution in [1.82, 2.24) is 0 Å². The molecular formula is C12H16BrNO. The van der Waals surface area contributed by atoms with E-state index in [1.165, 1.54) is 11.1 Å². The second-order valence-corrected chi connectivity index (χ2v) is 4.96. The SMILES string of the molecule is Cc1cc(C2OCCCC2N)ccc1Br. The lowest BCUT2D eigenvalue weighted by Crippen LogP contribution is -2.34. The Morgan fingerprint density at radius 3 is 2.93 bits per heavy atom. The summed E-state index contributed by atoms with van der Waals surface area (Å²) in [7, 11) is 0. The molecule has 1 saturated heterocycles. The van der Waals surface area contributed by atoms with E-state index in [1.54, 1.807) is 0 Å². The van der Waals surface area contributed by atoms with Crippen molar-refractivity contribution in [2.45, 2.75) is 31.9 Å². The maximum atomic E-state index is 6.06. The summed E-state index contributed by atoms with van der Waals surface area (Å²) in [6.07, 6.45) is 2.21. The van der Waals surface area contributed by atoms with Crippen molar-refractivity contribution in [3.8, 4) is 0 Å². The van der Waals surface area contributed by atoms with E-state index in [0.717, 1.165) is 23.9 Å². The van der Waals surface area contributed by atoms with E-state index >= 15 is 0 Å². The van der Waals surface area contributed by atoms with Gasteiger partial charge >= 0.3 is 0 Å². The van der Waals surface area contributed by atoms with Crippen LogP contribution in [0.2, 0.25) is 0 Å². The molecular weight excluding hydrogens is 254 g/mol. The third-order valence-corrected chi connectivity index (χ3v) is 3.77. The van der Waals surface area contributed by atoms with Crippen LogP contribution in [-0.4, -0.2) is 12.6 Å². The zero-order valence-corrected chi connectivity index (χ0v) is 10.5. The summed E-state index contributed by atoms with van der Waals surface area (Å²) in [4.78, 5) is 0. The fourth-order valence-corrected chi connectivity index (χ4v) is 2.24.